The van der Waals surface area contributed by atoms with Crippen LogP contribution in [0.25, 0.3) is 0 Å². The molecule has 2 atom stereocenters. The molecule has 4 rings (SSSR count). The van der Waals surface area contributed by atoms with Crippen LogP contribution in [0.1, 0.15) is 23.7 Å². The minimum atomic E-state index is -1.42. The number of nitrogens with zero attached hydrogens (tertiary/aromatic N) is 2. The molecule has 34 heavy (non-hydrogen) atoms. The molecule has 2 unspecified atom stereocenters. The van der Waals surface area contributed by atoms with Gasteiger partial charge in [-0.15, -0.1) is 11.3 Å². The van der Waals surface area contributed by atoms with E-state index in [0.29, 0.717) is 43.1 Å². The molecular weight excluding hydrogens is 472 g/mol. The van der Waals surface area contributed by atoms with Crippen LogP contribution in [0.4, 0.5) is 0 Å². The van der Waals surface area contributed by atoms with Crippen molar-refractivity contribution < 1.29 is 19.3 Å². The number of benzene rings is 2. The van der Waals surface area contributed by atoms with E-state index in [9.17, 15) is 5.11 Å². The van der Waals surface area contributed by atoms with Gasteiger partial charge in [-0.3, -0.25) is 4.90 Å². The first-order valence-corrected chi connectivity index (χ1v) is 12.8. The summed E-state index contributed by atoms with van der Waals surface area (Å²) in [7, 11) is 0. The molecule has 8 heteroatoms. The monoisotopic (exact) mass is 502 g/mol. The summed E-state index contributed by atoms with van der Waals surface area (Å²) in [5.41, 5.74) is 2.97. The van der Waals surface area contributed by atoms with Crippen molar-refractivity contribution in [2.45, 2.75) is 31.6 Å². The lowest BCUT2D eigenvalue weighted by atomic mass is 10.0. The van der Waals surface area contributed by atoms with Crippen LogP contribution in [-0.4, -0.2) is 60.5 Å². The van der Waals surface area contributed by atoms with Crippen LogP contribution in [0.3, 0.4) is 0 Å². The van der Waals surface area contributed by atoms with Gasteiger partial charge in [0.25, 0.3) is 0 Å². The predicted molar refractivity (Wildman–Crippen MR) is 135 cm³/mol. The van der Waals surface area contributed by atoms with Crippen molar-refractivity contribution in [3.05, 3.63) is 81.3 Å². The highest BCUT2D eigenvalue weighted by Crippen LogP contribution is 2.31. The first-order valence-electron chi connectivity index (χ1n) is 11.6. The quantitative estimate of drug-likeness (QED) is 0.388. The molecule has 1 fully saturated rings. The van der Waals surface area contributed by atoms with Crippen molar-refractivity contribution in [2.24, 2.45) is 0 Å². The SMILES string of the molecule is CC(Cc1ccc(OCCOCCc2ccccc2)cc1)N1CCOC(O)(c2csc(Cl)n2)C1. The summed E-state index contributed by atoms with van der Waals surface area (Å²) in [6, 6.07) is 18.7. The summed E-state index contributed by atoms with van der Waals surface area (Å²) in [6.45, 7) is 5.50. The van der Waals surface area contributed by atoms with Crippen LogP contribution < -0.4 is 4.74 Å². The predicted octanol–water partition coefficient (Wildman–Crippen LogP) is 4.54. The van der Waals surface area contributed by atoms with E-state index in [4.69, 9.17) is 25.8 Å². The van der Waals surface area contributed by atoms with Crippen molar-refractivity contribution in [3.8, 4) is 5.75 Å². The number of β-amino-alcohol motifs (C(OH)–C–C–N with tert-alkyl or cyclic N) is 1. The highest BCUT2D eigenvalue weighted by molar-refractivity contribution is 7.13. The Morgan fingerprint density at radius 3 is 2.65 bits per heavy atom. The Bertz CT molecular complexity index is 1020. The molecule has 1 aliphatic rings. The Morgan fingerprint density at radius 2 is 1.91 bits per heavy atom. The number of ether oxygens (including phenoxy) is 3. The van der Waals surface area contributed by atoms with E-state index in [1.54, 1.807) is 5.38 Å². The molecule has 1 aromatic heterocycles. The fourth-order valence-electron chi connectivity index (χ4n) is 4.04. The lowest BCUT2D eigenvalue weighted by Gasteiger charge is -2.41. The Kier molecular flexibility index (Phi) is 8.94. The van der Waals surface area contributed by atoms with Gasteiger partial charge in [0.1, 0.15) is 18.1 Å². The lowest BCUT2D eigenvalue weighted by molar-refractivity contribution is -0.253. The van der Waals surface area contributed by atoms with E-state index in [2.05, 4.69) is 41.1 Å². The zero-order valence-corrected chi connectivity index (χ0v) is 20.9. The van der Waals surface area contributed by atoms with E-state index in [1.165, 1.54) is 22.5 Å². The van der Waals surface area contributed by atoms with Gasteiger partial charge in [-0.25, -0.2) is 4.98 Å². The minimum Gasteiger partial charge on any atom is -0.491 e. The van der Waals surface area contributed by atoms with Crippen LogP contribution >= 0.6 is 22.9 Å². The largest absolute Gasteiger partial charge is 0.491 e. The van der Waals surface area contributed by atoms with Crippen LogP contribution in [-0.2, 0) is 28.1 Å². The molecule has 0 saturated carbocycles. The molecule has 3 aromatic rings. The average Bonchev–Trinajstić information content (AvgIpc) is 3.30. The van der Waals surface area contributed by atoms with Crippen molar-refractivity contribution in [1.82, 2.24) is 9.88 Å². The smallest absolute Gasteiger partial charge is 0.224 e. The van der Waals surface area contributed by atoms with Gasteiger partial charge in [-0.05, 0) is 43.0 Å². The maximum Gasteiger partial charge on any atom is 0.224 e. The first-order chi connectivity index (χ1) is 16.5. The molecule has 182 valence electrons. The molecule has 2 aromatic carbocycles. The number of aromatic nitrogens is 1. The lowest BCUT2D eigenvalue weighted by Crippen LogP contribution is -2.53. The summed E-state index contributed by atoms with van der Waals surface area (Å²) in [5.74, 6) is -0.582. The van der Waals surface area contributed by atoms with Gasteiger partial charge in [0.05, 0.1) is 26.4 Å². The van der Waals surface area contributed by atoms with Gasteiger partial charge in [0, 0.05) is 18.0 Å². The van der Waals surface area contributed by atoms with Gasteiger partial charge in [0.2, 0.25) is 5.79 Å². The molecule has 0 amide bonds. The van der Waals surface area contributed by atoms with E-state index in [-0.39, 0.29) is 6.04 Å². The Balaban J connectivity index is 1.18. The van der Waals surface area contributed by atoms with Gasteiger partial charge < -0.3 is 19.3 Å². The van der Waals surface area contributed by atoms with Gasteiger partial charge in [0.15, 0.2) is 4.47 Å². The normalized spacial score (nSPS) is 19.7. The molecule has 1 aliphatic heterocycles. The molecule has 2 heterocycles. The number of hydrogen-bond donors (Lipinski definition) is 1. The number of rotatable bonds is 11. The standard InChI is InChI=1S/C26H31ClN2O4S/c1-20(29-12-14-33-26(30,19-29)24-18-34-25(27)28-24)17-22-7-9-23(10-8-22)32-16-15-31-13-11-21-5-3-2-4-6-21/h2-10,18,20,30H,11-17,19H2,1H3. The third-order valence-corrected chi connectivity index (χ3v) is 6.94. The molecule has 0 radical (unpaired) electrons. The molecule has 1 N–H and O–H groups in total. The number of thiazole rings is 1. The van der Waals surface area contributed by atoms with Crippen molar-refractivity contribution >= 4 is 22.9 Å². The highest BCUT2D eigenvalue weighted by Gasteiger charge is 2.39. The maximum atomic E-state index is 11.0. The van der Waals surface area contributed by atoms with E-state index >= 15 is 0 Å². The summed E-state index contributed by atoms with van der Waals surface area (Å²) >= 11 is 7.24. The molecule has 0 aliphatic carbocycles. The van der Waals surface area contributed by atoms with Crippen molar-refractivity contribution in [3.63, 3.8) is 0 Å². The van der Waals surface area contributed by atoms with Gasteiger partial charge in [-0.2, -0.15) is 0 Å². The number of hydrogen-bond acceptors (Lipinski definition) is 7. The molecule has 1 saturated heterocycles. The Hall–Kier alpha value is -2.00. The minimum absolute atomic E-state index is 0.231. The average molecular weight is 503 g/mol. The number of halogens is 1. The fraction of sp³-hybridized carbons (Fsp3) is 0.423. The summed E-state index contributed by atoms with van der Waals surface area (Å²) < 4.78 is 17.6. The molecular formula is C26H31ClN2O4S. The molecule has 0 spiro atoms. The van der Waals surface area contributed by atoms with Crippen LogP contribution in [0, 0.1) is 0 Å². The fourth-order valence-corrected chi connectivity index (χ4v) is 4.86. The summed E-state index contributed by atoms with van der Waals surface area (Å²) in [4.78, 5) is 6.44. The second kappa shape index (κ2) is 12.1. The Labute approximate surface area is 210 Å². The number of morpholine rings is 1. The third-order valence-electron chi connectivity index (χ3n) is 5.97. The topological polar surface area (TPSA) is 64.1 Å². The highest BCUT2D eigenvalue weighted by atomic mass is 35.5. The second-order valence-electron chi connectivity index (χ2n) is 8.48. The first kappa shape index (κ1) is 25.1. The van der Waals surface area contributed by atoms with E-state index in [1.807, 2.05) is 30.3 Å². The molecule has 6 nitrogen and oxygen atoms in total. The summed E-state index contributed by atoms with van der Waals surface area (Å²) in [6.07, 6.45) is 1.77. The molecule has 0 bridgehead atoms. The van der Waals surface area contributed by atoms with Crippen LogP contribution in [0.15, 0.2) is 60.0 Å². The zero-order chi connectivity index (χ0) is 23.8. The maximum absolute atomic E-state index is 11.0. The van der Waals surface area contributed by atoms with Crippen molar-refractivity contribution in [1.29, 1.82) is 0 Å². The summed E-state index contributed by atoms with van der Waals surface area (Å²) in [5, 5.41) is 12.7. The van der Waals surface area contributed by atoms with Gasteiger partial charge >= 0.3 is 0 Å². The zero-order valence-electron chi connectivity index (χ0n) is 19.4. The van der Waals surface area contributed by atoms with Crippen LogP contribution in [0.5, 0.6) is 5.75 Å². The number of aliphatic hydroxyl groups is 1. The third kappa shape index (κ3) is 7.01. The van der Waals surface area contributed by atoms with E-state index in [0.717, 1.165) is 25.1 Å². The Morgan fingerprint density at radius 1 is 1.12 bits per heavy atom. The van der Waals surface area contributed by atoms with Crippen LogP contribution in [0.2, 0.25) is 4.47 Å². The van der Waals surface area contributed by atoms with Gasteiger partial charge in [-0.1, -0.05) is 54.1 Å². The second-order valence-corrected chi connectivity index (χ2v) is 9.92. The van der Waals surface area contributed by atoms with Crippen molar-refractivity contribution in [2.75, 3.05) is 39.5 Å². The van der Waals surface area contributed by atoms with E-state index < -0.39 is 5.79 Å².